The molecule has 0 heterocycles. The van der Waals surface area contributed by atoms with E-state index in [0.29, 0.717) is 24.2 Å². The van der Waals surface area contributed by atoms with Gasteiger partial charge in [-0.3, -0.25) is 5.43 Å². The van der Waals surface area contributed by atoms with E-state index >= 15 is 0 Å². The maximum atomic E-state index is 5.15. The van der Waals surface area contributed by atoms with Crippen molar-refractivity contribution in [2.45, 2.75) is 33.6 Å². The van der Waals surface area contributed by atoms with Gasteiger partial charge in [0.05, 0.1) is 6.61 Å². The minimum absolute atomic E-state index is 0.257. The van der Waals surface area contributed by atoms with E-state index in [1.807, 2.05) is 0 Å². The van der Waals surface area contributed by atoms with E-state index < -0.39 is 0 Å². The average Bonchev–Trinajstić information content (AvgIpc) is 2.24. The van der Waals surface area contributed by atoms with Gasteiger partial charge in [-0.1, -0.05) is 26.8 Å². The lowest BCUT2D eigenvalue weighted by molar-refractivity contribution is 0.204. The van der Waals surface area contributed by atoms with Gasteiger partial charge in [-0.25, -0.2) is 0 Å². The number of rotatable bonds is 5. The van der Waals surface area contributed by atoms with Crippen LogP contribution in [0, 0.1) is 11.3 Å². The second kappa shape index (κ2) is 6.95. The van der Waals surface area contributed by atoms with Gasteiger partial charge in [0.25, 0.3) is 0 Å². The van der Waals surface area contributed by atoms with Crippen molar-refractivity contribution in [1.82, 2.24) is 16.2 Å². The lowest BCUT2D eigenvalue weighted by atomic mass is 9.76. The third-order valence-corrected chi connectivity index (χ3v) is 3.18. The maximum absolute atomic E-state index is 5.15. The standard InChI is InChI=1S/C13H25N3OS/c1-10-7-11(9-13(2,3)8-10)15-16-12(18)14-5-6-17-4/h9-10,15H,5-8H2,1-4H3,(H2,14,16,18)/t10-/m1/s1. The monoisotopic (exact) mass is 271 g/mol. The molecule has 0 fully saturated rings. The Morgan fingerprint density at radius 1 is 1.56 bits per heavy atom. The maximum Gasteiger partial charge on any atom is 0.185 e. The Morgan fingerprint density at radius 3 is 2.89 bits per heavy atom. The average molecular weight is 271 g/mol. The molecule has 0 spiro atoms. The summed E-state index contributed by atoms with van der Waals surface area (Å²) in [5, 5.41) is 3.66. The fourth-order valence-electron chi connectivity index (χ4n) is 2.47. The van der Waals surface area contributed by atoms with Crippen molar-refractivity contribution in [1.29, 1.82) is 0 Å². The summed E-state index contributed by atoms with van der Waals surface area (Å²) in [5.41, 5.74) is 7.69. The van der Waals surface area contributed by atoms with E-state index in [2.05, 4.69) is 43.0 Å². The van der Waals surface area contributed by atoms with Crippen LogP contribution in [0.4, 0.5) is 0 Å². The van der Waals surface area contributed by atoms with Gasteiger partial charge in [-0.2, -0.15) is 0 Å². The summed E-state index contributed by atoms with van der Waals surface area (Å²) in [6.45, 7) is 8.17. The predicted octanol–water partition coefficient (Wildman–Crippen LogP) is 1.94. The number of hydrazine groups is 1. The molecule has 3 N–H and O–H groups in total. The number of thiocarbonyl (C=S) groups is 1. The first-order chi connectivity index (χ1) is 8.43. The predicted molar refractivity (Wildman–Crippen MR) is 79.0 cm³/mol. The van der Waals surface area contributed by atoms with Crippen LogP contribution in [0.25, 0.3) is 0 Å². The Hall–Kier alpha value is -0.810. The van der Waals surface area contributed by atoms with E-state index in [-0.39, 0.29) is 5.41 Å². The van der Waals surface area contributed by atoms with Gasteiger partial charge in [-0.05, 0) is 36.4 Å². The van der Waals surface area contributed by atoms with Crippen molar-refractivity contribution in [3.8, 4) is 0 Å². The first kappa shape index (κ1) is 15.2. The molecule has 1 aliphatic carbocycles. The number of hydrogen-bond acceptors (Lipinski definition) is 3. The van der Waals surface area contributed by atoms with Gasteiger partial charge >= 0.3 is 0 Å². The summed E-state index contributed by atoms with van der Waals surface area (Å²) in [5.74, 6) is 0.698. The molecule has 1 atom stereocenters. The SMILES string of the molecule is COCCNC(=S)NNC1=CC(C)(C)C[C@H](C)C1. The smallest absolute Gasteiger partial charge is 0.185 e. The molecular formula is C13H25N3OS. The van der Waals surface area contributed by atoms with Crippen LogP contribution in [-0.4, -0.2) is 25.4 Å². The van der Waals surface area contributed by atoms with Crippen molar-refractivity contribution in [2.24, 2.45) is 11.3 Å². The molecule has 0 aromatic carbocycles. The second-order valence-electron chi connectivity index (χ2n) is 5.67. The molecule has 18 heavy (non-hydrogen) atoms. The molecule has 0 aliphatic heterocycles. The molecule has 0 saturated heterocycles. The van der Waals surface area contributed by atoms with Crippen LogP contribution < -0.4 is 16.2 Å². The topological polar surface area (TPSA) is 45.3 Å². The van der Waals surface area contributed by atoms with Crippen LogP contribution in [-0.2, 0) is 4.74 Å². The third kappa shape index (κ3) is 5.69. The summed E-state index contributed by atoms with van der Waals surface area (Å²) >= 11 is 5.15. The van der Waals surface area contributed by atoms with Gasteiger partial charge in [0.1, 0.15) is 0 Å². The number of nitrogens with one attached hydrogen (secondary N) is 3. The second-order valence-corrected chi connectivity index (χ2v) is 6.08. The highest BCUT2D eigenvalue weighted by atomic mass is 32.1. The van der Waals surface area contributed by atoms with Crippen molar-refractivity contribution in [3.63, 3.8) is 0 Å². The van der Waals surface area contributed by atoms with E-state index in [4.69, 9.17) is 17.0 Å². The largest absolute Gasteiger partial charge is 0.383 e. The Bertz CT molecular complexity index is 315. The summed E-state index contributed by atoms with van der Waals surface area (Å²) in [6, 6.07) is 0. The highest BCUT2D eigenvalue weighted by molar-refractivity contribution is 7.80. The Morgan fingerprint density at radius 2 is 2.28 bits per heavy atom. The van der Waals surface area contributed by atoms with Gasteiger partial charge < -0.3 is 15.5 Å². The zero-order chi connectivity index (χ0) is 13.6. The van der Waals surface area contributed by atoms with Gasteiger partial charge in [0.2, 0.25) is 0 Å². The fraction of sp³-hybridized carbons (Fsp3) is 0.769. The molecule has 0 unspecified atom stereocenters. The first-order valence-electron chi connectivity index (χ1n) is 6.43. The van der Waals surface area contributed by atoms with Crippen molar-refractivity contribution in [2.75, 3.05) is 20.3 Å². The third-order valence-electron chi connectivity index (χ3n) is 2.94. The number of hydrogen-bond donors (Lipinski definition) is 3. The Balaban J connectivity index is 2.34. The lowest BCUT2D eigenvalue weighted by Gasteiger charge is -2.32. The normalized spacial score (nSPS) is 22.0. The molecule has 104 valence electrons. The summed E-state index contributed by atoms with van der Waals surface area (Å²) in [4.78, 5) is 0. The van der Waals surface area contributed by atoms with Gasteiger partial charge in [-0.15, -0.1) is 0 Å². The zero-order valence-corrected chi connectivity index (χ0v) is 12.6. The summed E-state index contributed by atoms with van der Waals surface area (Å²) in [6.07, 6.45) is 4.59. The molecule has 5 heteroatoms. The van der Waals surface area contributed by atoms with Crippen LogP contribution in [0.5, 0.6) is 0 Å². The molecule has 0 radical (unpaired) electrons. The molecule has 0 saturated carbocycles. The molecule has 0 aromatic rings. The minimum Gasteiger partial charge on any atom is -0.383 e. The lowest BCUT2D eigenvalue weighted by Crippen LogP contribution is -2.45. The highest BCUT2D eigenvalue weighted by Gasteiger charge is 2.25. The Kier molecular flexibility index (Phi) is 5.88. The molecule has 0 amide bonds. The van der Waals surface area contributed by atoms with Crippen molar-refractivity contribution in [3.05, 3.63) is 11.8 Å². The van der Waals surface area contributed by atoms with Crippen LogP contribution in [0.1, 0.15) is 33.6 Å². The van der Waals surface area contributed by atoms with Crippen molar-refractivity contribution >= 4 is 17.3 Å². The number of allylic oxidation sites excluding steroid dienone is 2. The zero-order valence-electron chi connectivity index (χ0n) is 11.8. The first-order valence-corrected chi connectivity index (χ1v) is 6.84. The molecule has 4 nitrogen and oxygen atoms in total. The summed E-state index contributed by atoms with van der Waals surface area (Å²) in [7, 11) is 1.67. The van der Waals surface area contributed by atoms with E-state index in [9.17, 15) is 0 Å². The van der Waals surface area contributed by atoms with Crippen LogP contribution in [0.3, 0.4) is 0 Å². The van der Waals surface area contributed by atoms with E-state index in [0.717, 1.165) is 6.42 Å². The van der Waals surface area contributed by atoms with Crippen LogP contribution in [0.15, 0.2) is 11.8 Å². The molecule has 0 aromatic heterocycles. The van der Waals surface area contributed by atoms with Crippen molar-refractivity contribution < 1.29 is 4.74 Å². The minimum atomic E-state index is 0.257. The van der Waals surface area contributed by atoms with Crippen LogP contribution >= 0.6 is 12.2 Å². The van der Waals surface area contributed by atoms with Gasteiger partial charge in [0.15, 0.2) is 5.11 Å². The quantitative estimate of drug-likeness (QED) is 0.405. The number of methoxy groups -OCH3 is 1. The highest BCUT2D eigenvalue weighted by Crippen LogP contribution is 2.35. The molecule has 0 bridgehead atoms. The van der Waals surface area contributed by atoms with E-state index in [1.165, 1.54) is 12.1 Å². The van der Waals surface area contributed by atoms with E-state index in [1.54, 1.807) is 7.11 Å². The summed E-state index contributed by atoms with van der Waals surface area (Å²) < 4.78 is 4.95. The fourth-order valence-corrected chi connectivity index (χ4v) is 2.62. The molecular weight excluding hydrogens is 246 g/mol. The Labute approximate surface area is 116 Å². The molecule has 1 rings (SSSR count). The molecule has 1 aliphatic rings. The number of ether oxygens (including phenoxy) is 1. The van der Waals surface area contributed by atoms with Crippen LogP contribution in [0.2, 0.25) is 0 Å². The van der Waals surface area contributed by atoms with Gasteiger partial charge in [0, 0.05) is 19.4 Å².